The summed E-state index contributed by atoms with van der Waals surface area (Å²) in [5.74, 6) is 2.99. The van der Waals surface area contributed by atoms with Crippen LogP contribution in [0.1, 0.15) is 35.1 Å². The predicted octanol–water partition coefficient (Wildman–Crippen LogP) is 8.50. The maximum absolute atomic E-state index is 8.63. The summed E-state index contributed by atoms with van der Waals surface area (Å²) in [7, 11) is 0. The standard InChI is InChI=1S/4C6H6O.C6H14.CH4/c4*7-6-4-2-1-3-5-6;1-5(2)6(3)4;/h4*1-5,7H;5-6H,1-4H3;1H4. The van der Waals surface area contributed by atoms with E-state index in [9.17, 15) is 0 Å². The average Bonchev–Trinajstić information content (AvgIpc) is 2.83. The predicted molar refractivity (Wildman–Crippen MR) is 149 cm³/mol. The highest BCUT2D eigenvalue weighted by atomic mass is 16.3. The van der Waals surface area contributed by atoms with Crippen LogP contribution < -0.4 is 0 Å². The van der Waals surface area contributed by atoms with Crippen LogP contribution in [0.2, 0.25) is 0 Å². The van der Waals surface area contributed by atoms with Gasteiger partial charge in [-0.3, -0.25) is 0 Å². The van der Waals surface area contributed by atoms with E-state index < -0.39 is 0 Å². The van der Waals surface area contributed by atoms with Crippen molar-refractivity contribution in [2.75, 3.05) is 0 Å². The number of aromatic hydroxyl groups is 4. The summed E-state index contributed by atoms with van der Waals surface area (Å²) in [6.45, 7) is 8.96. The monoisotopic (exact) mass is 478 g/mol. The van der Waals surface area contributed by atoms with E-state index in [1.807, 2.05) is 24.3 Å². The zero-order valence-electron chi connectivity index (χ0n) is 20.5. The van der Waals surface area contributed by atoms with Crippen molar-refractivity contribution < 1.29 is 20.4 Å². The molecule has 35 heavy (non-hydrogen) atoms. The molecule has 4 rings (SSSR count). The lowest BCUT2D eigenvalue weighted by Gasteiger charge is -2.05. The Balaban J connectivity index is 0. The normalized spacial score (nSPS) is 8.74. The zero-order chi connectivity index (χ0) is 25.6. The van der Waals surface area contributed by atoms with Crippen molar-refractivity contribution in [3.05, 3.63) is 121 Å². The Morgan fingerprint density at radius 2 is 0.486 bits per heavy atom. The van der Waals surface area contributed by atoms with Crippen LogP contribution in [0.25, 0.3) is 0 Å². The van der Waals surface area contributed by atoms with Crippen LogP contribution in [-0.2, 0) is 0 Å². The Morgan fingerprint density at radius 1 is 0.343 bits per heavy atom. The topological polar surface area (TPSA) is 80.9 Å². The lowest BCUT2D eigenvalue weighted by atomic mass is 10.0. The van der Waals surface area contributed by atoms with E-state index in [1.54, 1.807) is 97.1 Å². The van der Waals surface area contributed by atoms with Gasteiger partial charge in [0.05, 0.1) is 0 Å². The van der Waals surface area contributed by atoms with Crippen LogP contribution in [0.15, 0.2) is 121 Å². The number of benzene rings is 4. The molecule has 0 aliphatic heterocycles. The number of para-hydroxylation sites is 4. The highest BCUT2D eigenvalue weighted by molar-refractivity contribution is 5.20. The first-order chi connectivity index (χ1) is 16.2. The molecule has 4 aromatic rings. The highest BCUT2D eigenvalue weighted by Crippen LogP contribution is 2.06. The molecular formula is C31H42O4. The lowest BCUT2D eigenvalue weighted by Crippen LogP contribution is -1.95. The van der Waals surface area contributed by atoms with Crippen molar-refractivity contribution >= 4 is 0 Å². The maximum Gasteiger partial charge on any atom is 0.115 e. The molecule has 0 atom stereocenters. The van der Waals surface area contributed by atoms with E-state index in [2.05, 4.69) is 27.7 Å². The molecule has 190 valence electrons. The van der Waals surface area contributed by atoms with Gasteiger partial charge in [0, 0.05) is 0 Å². The van der Waals surface area contributed by atoms with Crippen molar-refractivity contribution in [3.63, 3.8) is 0 Å². The minimum Gasteiger partial charge on any atom is -0.508 e. The largest absolute Gasteiger partial charge is 0.508 e. The molecule has 0 aliphatic rings. The van der Waals surface area contributed by atoms with Gasteiger partial charge in [-0.15, -0.1) is 0 Å². The van der Waals surface area contributed by atoms with Gasteiger partial charge in [-0.05, 0) is 60.4 Å². The van der Waals surface area contributed by atoms with Crippen LogP contribution in [0.5, 0.6) is 23.0 Å². The minimum absolute atomic E-state index is 0. The second-order valence-electron chi connectivity index (χ2n) is 7.83. The summed E-state index contributed by atoms with van der Waals surface area (Å²) in [5.41, 5.74) is 0. The van der Waals surface area contributed by atoms with Crippen LogP contribution in [0.3, 0.4) is 0 Å². The first kappa shape index (κ1) is 33.3. The Labute approximate surface area is 211 Å². The number of phenolic OH excluding ortho intramolecular Hbond substituents is 4. The summed E-state index contributed by atoms with van der Waals surface area (Å²) in [6.07, 6.45) is 0. The first-order valence-corrected chi connectivity index (χ1v) is 11.2. The van der Waals surface area contributed by atoms with Gasteiger partial charge in [0.25, 0.3) is 0 Å². The molecule has 0 saturated heterocycles. The molecule has 0 heterocycles. The minimum atomic E-state index is 0. The highest BCUT2D eigenvalue weighted by Gasteiger charge is 1.95. The molecule has 0 radical (unpaired) electrons. The molecule has 0 aliphatic carbocycles. The summed E-state index contributed by atoms with van der Waals surface area (Å²) in [4.78, 5) is 0. The number of hydrogen-bond donors (Lipinski definition) is 4. The summed E-state index contributed by atoms with van der Waals surface area (Å²) < 4.78 is 0. The molecule has 0 saturated carbocycles. The SMILES string of the molecule is C.CC(C)C(C)C.Oc1ccccc1.Oc1ccccc1.Oc1ccccc1.Oc1ccccc1. The average molecular weight is 479 g/mol. The van der Waals surface area contributed by atoms with E-state index in [1.165, 1.54) is 0 Å². The number of hydrogen-bond acceptors (Lipinski definition) is 4. The fourth-order valence-electron chi connectivity index (χ4n) is 1.71. The van der Waals surface area contributed by atoms with Crippen molar-refractivity contribution in [3.8, 4) is 23.0 Å². The van der Waals surface area contributed by atoms with E-state index >= 15 is 0 Å². The third kappa shape index (κ3) is 23.0. The second-order valence-corrected chi connectivity index (χ2v) is 7.83. The fourth-order valence-corrected chi connectivity index (χ4v) is 1.71. The Morgan fingerprint density at radius 3 is 0.543 bits per heavy atom. The number of phenols is 4. The third-order valence-corrected chi connectivity index (χ3v) is 4.36. The van der Waals surface area contributed by atoms with Gasteiger partial charge >= 0.3 is 0 Å². The zero-order valence-corrected chi connectivity index (χ0v) is 20.5. The fraction of sp³-hybridized carbons (Fsp3) is 0.226. The molecule has 0 spiro atoms. The molecule has 4 aromatic carbocycles. The van der Waals surface area contributed by atoms with E-state index in [-0.39, 0.29) is 7.43 Å². The summed E-state index contributed by atoms with van der Waals surface area (Å²) in [6, 6.07) is 34.9. The Kier molecular flexibility index (Phi) is 20.8. The molecule has 0 aromatic heterocycles. The molecule has 0 fully saturated rings. The van der Waals surface area contributed by atoms with E-state index in [0.29, 0.717) is 23.0 Å². The summed E-state index contributed by atoms with van der Waals surface area (Å²) >= 11 is 0. The molecule has 0 amide bonds. The van der Waals surface area contributed by atoms with E-state index in [4.69, 9.17) is 20.4 Å². The molecular weight excluding hydrogens is 436 g/mol. The van der Waals surface area contributed by atoms with Gasteiger partial charge in [0.2, 0.25) is 0 Å². The molecule has 4 heteroatoms. The van der Waals surface area contributed by atoms with E-state index in [0.717, 1.165) is 11.8 Å². The number of rotatable bonds is 1. The smallest absolute Gasteiger partial charge is 0.115 e. The van der Waals surface area contributed by atoms with Crippen LogP contribution in [-0.4, -0.2) is 20.4 Å². The van der Waals surface area contributed by atoms with Crippen molar-refractivity contribution in [2.24, 2.45) is 11.8 Å². The van der Waals surface area contributed by atoms with Gasteiger partial charge in [-0.2, -0.15) is 0 Å². The van der Waals surface area contributed by atoms with Gasteiger partial charge in [-0.1, -0.05) is 108 Å². The van der Waals surface area contributed by atoms with Crippen molar-refractivity contribution in [2.45, 2.75) is 35.1 Å². The molecule has 4 nitrogen and oxygen atoms in total. The molecule has 0 bridgehead atoms. The second kappa shape index (κ2) is 21.9. The van der Waals surface area contributed by atoms with Crippen molar-refractivity contribution in [1.29, 1.82) is 0 Å². The van der Waals surface area contributed by atoms with Crippen LogP contribution >= 0.6 is 0 Å². The first-order valence-electron chi connectivity index (χ1n) is 11.2. The third-order valence-electron chi connectivity index (χ3n) is 4.36. The lowest BCUT2D eigenvalue weighted by molar-refractivity contribution is 0.457. The summed E-state index contributed by atoms with van der Waals surface area (Å²) in [5, 5.41) is 34.5. The van der Waals surface area contributed by atoms with Crippen LogP contribution in [0, 0.1) is 11.8 Å². The van der Waals surface area contributed by atoms with Gasteiger partial charge in [0.15, 0.2) is 0 Å². The molecule has 0 unspecified atom stereocenters. The maximum atomic E-state index is 8.63. The van der Waals surface area contributed by atoms with Gasteiger partial charge in [0.1, 0.15) is 23.0 Å². The van der Waals surface area contributed by atoms with Crippen molar-refractivity contribution in [1.82, 2.24) is 0 Å². The quantitative estimate of drug-likeness (QED) is 0.221. The van der Waals surface area contributed by atoms with Crippen LogP contribution in [0.4, 0.5) is 0 Å². The van der Waals surface area contributed by atoms with Gasteiger partial charge < -0.3 is 20.4 Å². The Bertz CT molecular complexity index is 771. The van der Waals surface area contributed by atoms with Gasteiger partial charge in [-0.25, -0.2) is 0 Å². The Hall–Kier alpha value is -3.92. The molecule has 4 N–H and O–H groups in total.